The Labute approximate surface area is 107 Å². The van der Waals surface area contributed by atoms with Crippen LogP contribution < -0.4 is 5.32 Å². The molecule has 0 bridgehead atoms. The Hall–Kier alpha value is -1.89. The van der Waals surface area contributed by atoms with Gasteiger partial charge in [-0.15, -0.1) is 0 Å². The molecule has 1 N–H and O–H groups in total. The van der Waals surface area contributed by atoms with Gasteiger partial charge < -0.3 is 5.32 Å². The minimum Gasteiger partial charge on any atom is -0.354 e. The van der Waals surface area contributed by atoms with Gasteiger partial charge in [-0.25, -0.2) is 4.39 Å². The van der Waals surface area contributed by atoms with Crippen LogP contribution in [0, 0.1) is 22.6 Å². The van der Waals surface area contributed by atoms with E-state index in [2.05, 4.69) is 5.32 Å². The van der Waals surface area contributed by atoms with Crippen molar-refractivity contribution in [2.75, 3.05) is 6.54 Å². The summed E-state index contributed by atoms with van der Waals surface area (Å²) in [5, 5.41) is 11.6. The van der Waals surface area contributed by atoms with Crippen molar-refractivity contribution in [2.24, 2.45) is 5.41 Å². The lowest BCUT2D eigenvalue weighted by Gasteiger charge is -2.18. The molecule has 0 aromatic heterocycles. The van der Waals surface area contributed by atoms with Gasteiger partial charge in [0.15, 0.2) is 0 Å². The number of rotatable bonds is 5. The van der Waals surface area contributed by atoms with Crippen molar-refractivity contribution < 1.29 is 9.18 Å². The molecule has 0 radical (unpaired) electrons. The summed E-state index contributed by atoms with van der Waals surface area (Å²) >= 11 is 0. The molecule has 1 rings (SSSR count). The Morgan fingerprint density at radius 2 is 2.17 bits per heavy atom. The topological polar surface area (TPSA) is 52.9 Å². The zero-order valence-electron chi connectivity index (χ0n) is 10.7. The molecular weight excluding hydrogens is 231 g/mol. The molecular formula is C14H17FN2O. The third-order valence-electron chi connectivity index (χ3n) is 3.09. The highest BCUT2D eigenvalue weighted by molar-refractivity contribution is 5.84. The van der Waals surface area contributed by atoms with Crippen LogP contribution in [0.25, 0.3) is 0 Å². The average Bonchev–Trinajstić information content (AvgIpc) is 2.39. The van der Waals surface area contributed by atoms with Crippen LogP contribution in [0.1, 0.15) is 25.8 Å². The first kappa shape index (κ1) is 14.2. The molecule has 1 aromatic rings. The highest BCUT2D eigenvalue weighted by atomic mass is 19.1. The summed E-state index contributed by atoms with van der Waals surface area (Å²) < 4.78 is 13.3. The van der Waals surface area contributed by atoms with Gasteiger partial charge in [0.05, 0.1) is 6.07 Å². The predicted octanol–water partition coefficient (Wildman–Crippen LogP) is 2.42. The molecule has 96 valence electrons. The Morgan fingerprint density at radius 3 is 2.72 bits per heavy atom. The van der Waals surface area contributed by atoms with Crippen LogP contribution in [-0.4, -0.2) is 12.5 Å². The summed E-state index contributed by atoms with van der Waals surface area (Å²) in [7, 11) is 0. The summed E-state index contributed by atoms with van der Waals surface area (Å²) in [5.74, 6) is -0.575. The Balaban J connectivity index is 2.51. The second kappa shape index (κ2) is 6.15. The fourth-order valence-corrected chi connectivity index (χ4v) is 1.50. The van der Waals surface area contributed by atoms with Crippen molar-refractivity contribution in [1.29, 1.82) is 5.26 Å². The van der Waals surface area contributed by atoms with Crippen LogP contribution in [-0.2, 0) is 11.2 Å². The number of carbonyl (C=O) groups excluding carboxylic acids is 1. The minimum atomic E-state index is -1.00. The van der Waals surface area contributed by atoms with Gasteiger partial charge in [-0.1, -0.05) is 25.1 Å². The number of nitrogens with one attached hydrogen (secondary N) is 1. The lowest BCUT2D eigenvalue weighted by molar-refractivity contribution is -0.127. The molecule has 1 unspecified atom stereocenters. The van der Waals surface area contributed by atoms with Crippen molar-refractivity contribution >= 4 is 5.91 Å². The van der Waals surface area contributed by atoms with Gasteiger partial charge in [0.1, 0.15) is 11.2 Å². The van der Waals surface area contributed by atoms with Crippen LogP contribution in [0.3, 0.4) is 0 Å². The standard InChI is InChI=1S/C14H17FN2O/c1-3-14(2,10-16)13(18)17-9-8-11-6-4-5-7-12(11)15/h4-7H,3,8-9H2,1-2H3,(H,17,18). The first-order valence-corrected chi connectivity index (χ1v) is 5.96. The van der Waals surface area contributed by atoms with E-state index in [9.17, 15) is 9.18 Å². The van der Waals surface area contributed by atoms with E-state index in [0.717, 1.165) is 0 Å². The predicted molar refractivity (Wildman–Crippen MR) is 67.1 cm³/mol. The molecule has 0 saturated heterocycles. The molecule has 3 nitrogen and oxygen atoms in total. The maximum Gasteiger partial charge on any atom is 0.240 e. The molecule has 0 heterocycles. The Kier molecular flexibility index (Phi) is 4.85. The molecule has 0 aliphatic rings. The van der Waals surface area contributed by atoms with Gasteiger partial charge in [-0.3, -0.25) is 4.79 Å². The fourth-order valence-electron chi connectivity index (χ4n) is 1.50. The summed E-state index contributed by atoms with van der Waals surface area (Å²) in [6.07, 6.45) is 0.874. The first-order valence-electron chi connectivity index (χ1n) is 5.96. The molecule has 4 heteroatoms. The van der Waals surface area contributed by atoms with Gasteiger partial charge in [0, 0.05) is 6.54 Å². The van der Waals surface area contributed by atoms with Crippen molar-refractivity contribution in [3.05, 3.63) is 35.6 Å². The molecule has 18 heavy (non-hydrogen) atoms. The number of hydrogen-bond acceptors (Lipinski definition) is 2. The van der Waals surface area contributed by atoms with Crippen LogP contribution in [0.5, 0.6) is 0 Å². The fraction of sp³-hybridized carbons (Fsp3) is 0.429. The minimum absolute atomic E-state index is 0.273. The number of nitriles is 1. The summed E-state index contributed by atoms with van der Waals surface area (Å²) in [6.45, 7) is 3.72. The second-order valence-corrected chi connectivity index (χ2v) is 4.39. The molecule has 1 aromatic carbocycles. The maximum atomic E-state index is 13.3. The molecule has 0 fully saturated rings. The number of carbonyl (C=O) groups is 1. The molecule has 0 saturated carbocycles. The molecule has 0 aliphatic carbocycles. The number of nitrogens with zero attached hydrogens (tertiary/aromatic N) is 1. The first-order chi connectivity index (χ1) is 8.53. The van der Waals surface area contributed by atoms with Crippen LogP contribution >= 0.6 is 0 Å². The number of halogens is 1. The monoisotopic (exact) mass is 248 g/mol. The quantitative estimate of drug-likeness (QED) is 0.870. The zero-order valence-corrected chi connectivity index (χ0v) is 10.7. The van der Waals surface area contributed by atoms with E-state index in [-0.39, 0.29) is 11.7 Å². The Bertz CT molecular complexity index is 467. The van der Waals surface area contributed by atoms with E-state index < -0.39 is 5.41 Å². The van der Waals surface area contributed by atoms with Gasteiger partial charge in [-0.05, 0) is 31.4 Å². The van der Waals surface area contributed by atoms with Crippen LogP contribution in [0.15, 0.2) is 24.3 Å². The molecule has 0 spiro atoms. The van der Waals surface area contributed by atoms with Gasteiger partial charge in [0.2, 0.25) is 5.91 Å². The average molecular weight is 248 g/mol. The SMILES string of the molecule is CCC(C)(C#N)C(=O)NCCc1ccccc1F. The third kappa shape index (κ3) is 3.30. The maximum absolute atomic E-state index is 13.3. The van der Waals surface area contributed by atoms with Gasteiger partial charge in [0.25, 0.3) is 0 Å². The number of hydrogen-bond donors (Lipinski definition) is 1. The van der Waals surface area contributed by atoms with E-state index in [1.807, 2.05) is 6.07 Å². The summed E-state index contributed by atoms with van der Waals surface area (Å²) in [4.78, 5) is 11.8. The lowest BCUT2D eigenvalue weighted by Crippen LogP contribution is -2.38. The second-order valence-electron chi connectivity index (χ2n) is 4.39. The van der Waals surface area contributed by atoms with E-state index in [1.54, 1.807) is 32.0 Å². The normalized spacial score (nSPS) is 13.4. The van der Waals surface area contributed by atoms with Crippen molar-refractivity contribution in [3.8, 4) is 6.07 Å². The van der Waals surface area contributed by atoms with E-state index in [1.165, 1.54) is 6.07 Å². The largest absolute Gasteiger partial charge is 0.354 e. The van der Waals surface area contributed by atoms with E-state index >= 15 is 0 Å². The third-order valence-corrected chi connectivity index (χ3v) is 3.09. The summed E-state index contributed by atoms with van der Waals surface area (Å²) in [5.41, 5.74) is -0.442. The van der Waals surface area contributed by atoms with Crippen molar-refractivity contribution in [1.82, 2.24) is 5.32 Å². The number of benzene rings is 1. The Morgan fingerprint density at radius 1 is 1.50 bits per heavy atom. The van der Waals surface area contributed by atoms with Gasteiger partial charge in [-0.2, -0.15) is 5.26 Å². The van der Waals surface area contributed by atoms with Crippen LogP contribution in [0.4, 0.5) is 4.39 Å². The van der Waals surface area contributed by atoms with E-state index in [0.29, 0.717) is 24.9 Å². The van der Waals surface area contributed by atoms with Crippen LogP contribution in [0.2, 0.25) is 0 Å². The molecule has 1 amide bonds. The highest BCUT2D eigenvalue weighted by Gasteiger charge is 2.30. The molecule has 1 atom stereocenters. The van der Waals surface area contributed by atoms with E-state index in [4.69, 9.17) is 5.26 Å². The lowest BCUT2D eigenvalue weighted by atomic mass is 9.88. The van der Waals surface area contributed by atoms with Crippen molar-refractivity contribution in [2.45, 2.75) is 26.7 Å². The summed E-state index contributed by atoms with van der Waals surface area (Å²) in [6, 6.07) is 8.46. The zero-order chi connectivity index (χ0) is 13.6. The molecule has 0 aliphatic heterocycles. The smallest absolute Gasteiger partial charge is 0.240 e. The number of amides is 1. The van der Waals surface area contributed by atoms with Gasteiger partial charge >= 0.3 is 0 Å². The van der Waals surface area contributed by atoms with Crippen molar-refractivity contribution in [3.63, 3.8) is 0 Å². The highest BCUT2D eigenvalue weighted by Crippen LogP contribution is 2.19.